The van der Waals surface area contributed by atoms with Crippen molar-refractivity contribution < 1.29 is 20.3 Å². The summed E-state index contributed by atoms with van der Waals surface area (Å²) in [5.41, 5.74) is 1.56. The number of anilines is 2. The van der Waals surface area contributed by atoms with Crippen LogP contribution in [0.1, 0.15) is 0 Å². The van der Waals surface area contributed by atoms with Crippen molar-refractivity contribution in [2.24, 2.45) is 0 Å². The minimum atomic E-state index is -7.77. The topological polar surface area (TPSA) is 56.9 Å². The van der Waals surface area contributed by atoms with Crippen LogP contribution in [0.15, 0.2) is 59.6 Å². The van der Waals surface area contributed by atoms with Crippen molar-refractivity contribution >= 4 is 39.0 Å². The van der Waals surface area contributed by atoms with Crippen molar-refractivity contribution in [3.05, 3.63) is 54.7 Å². The maximum Gasteiger partial charge on any atom is 0.323 e. The van der Waals surface area contributed by atoms with E-state index in [2.05, 4.69) is 15.6 Å². The summed E-state index contributed by atoms with van der Waals surface area (Å²) in [5, 5.41) is 5.87. The fourth-order valence-corrected chi connectivity index (χ4v) is 2.79. The molecule has 128 valence electrons. The molecule has 0 aliphatic rings. The first-order valence-corrected chi connectivity index (χ1v) is 8.62. The number of hydrogen-bond acceptors (Lipinski definition) is 1. The summed E-state index contributed by atoms with van der Waals surface area (Å²) >= 11 is 0. The van der Waals surface area contributed by atoms with E-state index in [9.17, 15) is 20.3 Å². The molecule has 0 saturated carbocycles. The Morgan fingerprint density at radius 2 is 1.50 bits per heavy atom. The zero-order valence-corrected chi connectivity index (χ0v) is 13.0. The van der Waals surface area contributed by atoms with E-state index >= 15 is 0 Å². The van der Waals surface area contributed by atoms with Gasteiger partial charge in [-0.1, -0.05) is 0 Å². The molecule has 1 aromatic heterocycles. The Morgan fingerprint density at radius 3 is 2.17 bits per heavy atom. The Morgan fingerprint density at radius 1 is 0.875 bits per heavy atom. The summed E-state index contributed by atoms with van der Waals surface area (Å²) in [6.07, 6.45) is 1.76. The van der Waals surface area contributed by atoms with Gasteiger partial charge in [0.15, 0.2) is 10.7 Å². The van der Waals surface area contributed by atoms with Crippen molar-refractivity contribution in [2.45, 2.75) is 4.90 Å². The number of nitrogens with one attached hydrogen (secondary N) is 3. The second-order valence-electron chi connectivity index (χ2n) is 5.13. The highest BCUT2D eigenvalue weighted by Crippen LogP contribution is 2.81. The number of carbonyl (C=O) groups excluding carboxylic acids is 1. The lowest BCUT2D eigenvalue weighted by Crippen LogP contribution is -2.19. The van der Waals surface area contributed by atoms with Gasteiger partial charge in [0, 0.05) is 28.5 Å². The predicted octanol–water partition coefficient (Wildman–Crippen LogP) is 5.78. The maximum atomic E-state index is 12.6. The molecule has 3 N–H and O–H groups in total. The van der Waals surface area contributed by atoms with Crippen LogP contribution in [0.3, 0.4) is 0 Å². The smallest absolute Gasteiger partial charge is 0.323 e. The molecule has 0 radical (unpaired) electrons. The van der Waals surface area contributed by atoms with Crippen LogP contribution in [-0.4, -0.2) is 11.0 Å². The number of amides is 2. The fourth-order valence-electron chi connectivity index (χ4n) is 2.19. The van der Waals surface area contributed by atoms with E-state index in [-0.39, 0.29) is 5.69 Å². The second kappa shape index (κ2) is 5.45. The first-order chi connectivity index (χ1) is 11.2. The van der Waals surface area contributed by atoms with Crippen LogP contribution >= 0.6 is 10.7 Å². The van der Waals surface area contributed by atoms with Crippen LogP contribution in [0.5, 0.6) is 0 Å². The lowest BCUT2D eigenvalue weighted by molar-refractivity contribution is 0.262. The van der Waals surface area contributed by atoms with E-state index in [0.29, 0.717) is 17.8 Å². The largest absolute Gasteiger partial charge is 0.361 e. The molecule has 1 heterocycles. The summed E-state index contributed by atoms with van der Waals surface area (Å²) in [4.78, 5) is 13.6. The fraction of sp³-hybridized carbons (Fsp3) is 0. The molecule has 2 amide bonds. The molecule has 24 heavy (non-hydrogen) atoms. The molecule has 0 aliphatic carbocycles. The van der Waals surface area contributed by atoms with Crippen molar-refractivity contribution in [1.29, 1.82) is 0 Å². The average Bonchev–Trinajstić information content (AvgIpc) is 2.93. The highest BCUT2D eigenvalue weighted by molar-refractivity contribution is 8.33. The molecule has 0 atom stereocenters. The third-order valence-corrected chi connectivity index (χ3v) is 4.41. The van der Waals surface area contributed by atoms with Crippen molar-refractivity contribution in [3.63, 3.8) is 0 Å². The van der Waals surface area contributed by atoms with Gasteiger partial charge in [0.2, 0.25) is 0 Å². The van der Waals surface area contributed by atoms with Crippen molar-refractivity contribution in [1.82, 2.24) is 4.98 Å². The Bertz CT molecular complexity index is 893. The molecule has 4 nitrogen and oxygen atoms in total. The number of hydrogen-bond donors (Lipinski definition) is 4. The summed E-state index contributed by atoms with van der Waals surface area (Å²) in [6.45, 7) is 0. The number of benzene rings is 2. The predicted molar refractivity (Wildman–Crippen MR) is 89.1 cm³/mol. The van der Waals surface area contributed by atoms with Crippen LogP contribution in [0.2, 0.25) is 0 Å². The number of rotatable bonds is 3. The first kappa shape index (κ1) is 16.2. The molecule has 0 saturated heterocycles. The van der Waals surface area contributed by atoms with Gasteiger partial charge in [0.1, 0.15) is 0 Å². The maximum absolute atomic E-state index is 12.6. The molecule has 0 bridgehead atoms. The van der Waals surface area contributed by atoms with Gasteiger partial charge in [-0.05, 0) is 48.5 Å². The van der Waals surface area contributed by atoms with Gasteiger partial charge in [-0.2, -0.15) is 0 Å². The normalized spacial score (nSPS) is 13.2. The Labute approximate surface area is 135 Å². The Kier molecular flexibility index (Phi) is 3.67. The van der Waals surface area contributed by atoms with E-state index in [1.807, 2.05) is 6.07 Å². The molecule has 9 heteroatoms. The highest BCUT2D eigenvalue weighted by Gasteiger charge is 2.39. The summed E-state index contributed by atoms with van der Waals surface area (Å²) < 4.78 is 50.5. The zero-order valence-electron chi connectivity index (χ0n) is 12.1. The number of fused-ring (bicyclic) bond motifs is 1. The van der Waals surface area contributed by atoms with E-state index in [1.54, 1.807) is 24.4 Å². The van der Waals surface area contributed by atoms with Crippen molar-refractivity contribution in [3.8, 4) is 0 Å². The highest BCUT2D eigenvalue weighted by atomic mass is 32.4. The van der Waals surface area contributed by atoms with Crippen LogP contribution in [0, 0.1) is 0 Å². The minimum absolute atomic E-state index is 0.124. The monoisotopic (exact) mass is 359 g/mol. The van der Waals surface area contributed by atoms with E-state index in [4.69, 9.17) is 0 Å². The molecule has 0 fully saturated rings. The number of aromatic nitrogens is 1. The summed E-state index contributed by atoms with van der Waals surface area (Å²) in [5.74, 6) is 0. The summed E-state index contributed by atoms with van der Waals surface area (Å²) in [7, 11) is -7.77. The zero-order chi connectivity index (χ0) is 17.4. The van der Waals surface area contributed by atoms with E-state index in [1.165, 1.54) is 0 Å². The number of halogens is 4. The van der Waals surface area contributed by atoms with Gasteiger partial charge < -0.3 is 15.6 Å². The van der Waals surface area contributed by atoms with Gasteiger partial charge >= 0.3 is 6.03 Å². The number of urea groups is 1. The van der Waals surface area contributed by atoms with Gasteiger partial charge in [-0.15, -0.1) is 15.5 Å². The van der Waals surface area contributed by atoms with Crippen LogP contribution in [-0.2, 0) is 0 Å². The Balaban J connectivity index is 1.68. The lowest BCUT2D eigenvalue weighted by Gasteiger charge is -2.29. The van der Waals surface area contributed by atoms with Crippen LogP contribution < -0.4 is 10.6 Å². The Hall–Kier alpha value is -2.68. The molecule has 3 aromatic rings. The van der Waals surface area contributed by atoms with Gasteiger partial charge in [-0.25, -0.2) is 4.79 Å². The van der Waals surface area contributed by atoms with E-state index < -0.39 is 21.6 Å². The first-order valence-electron chi connectivity index (χ1n) is 6.82. The van der Waals surface area contributed by atoms with Gasteiger partial charge in [0.25, 0.3) is 0 Å². The third kappa shape index (κ3) is 3.62. The van der Waals surface area contributed by atoms with E-state index in [0.717, 1.165) is 23.0 Å². The lowest BCUT2D eigenvalue weighted by atomic mass is 10.2. The molecular weight excluding hydrogens is 346 g/mol. The van der Waals surface area contributed by atoms with Crippen LogP contribution in [0.25, 0.3) is 10.9 Å². The second-order valence-corrected chi connectivity index (χ2v) is 7.09. The third-order valence-electron chi connectivity index (χ3n) is 3.33. The standard InChI is InChI=1S/C15H13F4N3OS/c16-24(17,18,19)13-4-1-11(2-5-13)21-15(23)22-12-3-6-14-10(9-12)7-8-20-14/h1-9,20,24H,(H2,21,22,23). The SMILES string of the molecule is O=C(Nc1ccc([SH](F)(F)(F)F)cc1)Nc1ccc2[nH]ccc2c1. The molecule has 0 spiro atoms. The number of thiol groups is 1. The van der Waals surface area contributed by atoms with Gasteiger partial charge in [-0.3, -0.25) is 0 Å². The minimum Gasteiger partial charge on any atom is -0.361 e. The molecule has 3 rings (SSSR count). The van der Waals surface area contributed by atoms with Crippen molar-refractivity contribution in [2.75, 3.05) is 10.6 Å². The number of carbonyl (C=O) groups is 1. The number of H-pyrrole nitrogens is 1. The molecule has 0 unspecified atom stereocenters. The quantitative estimate of drug-likeness (QED) is 0.348. The van der Waals surface area contributed by atoms with Gasteiger partial charge in [0.05, 0.1) is 4.90 Å². The van der Waals surface area contributed by atoms with Crippen LogP contribution in [0.4, 0.5) is 31.7 Å². The molecule has 0 aliphatic heterocycles. The molecular formula is C15H13F4N3OS. The molecule has 2 aromatic carbocycles. The number of aromatic amines is 1. The summed E-state index contributed by atoms with van der Waals surface area (Å²) in [6, 6.07) is 9.67. The average molecular weight is 359 g/mol.